The predicted octanol–water partition coefficient (Wildman–Crippen LogP) is -0.0806. The summed E-state index contributed by atoms with van der Waals surface area (Å²) in [6, 6.07) is 0.493. The van der Waals surface area contributed by atoms with Crippen LogP contribution in [0.5, 0.6) is 0 Å². The summed E-state index contributed by atoms with van der Waals surface area (Å²) in [6.45, 7) is 8.16. The zero-order chi connectivity index (χ0) is 10.9. The Balaban J connectivity index is 2.58. The van der Waals surface area contributed by atoms with E-state index < -0.39 is 0 Å². The average molecular weight is 199 g/mol. The monoisotopic (exact) mass is 199 g/mol. The molecule has 1 fully saturated rings. The van der Waals surface area contributed by atoms with E-state index in [1.54, 1.807) is 0 Å². The SMILES string of the molecule is CC(C)(C)C(CC(N)=O)N1CC(N)C1. The van der Waals surface area contributed by atoms with Gasteiger partial charge in [-0.25, -0.2) is 0 Å². The maximum absolute atomic E-state index is 10.9. The molecule has 4 heteroatoms. The quantitative estimate of drug-likeness (QED) is 0.667. The van der Waals surface area contributed by atoms with Crippen molar-refractivity contribution < 1.29 is 4.79 Å². The fourth-order valence-corrected chi connectivity index (χ4v) is 1.98. The molecule has 1 atom stereocenters. The highest BCUT2D eigenvalue weighted by Crippen LogP contribution is 2.29. The topological polar surface area (TPSA) is 72.4 Å². The van der Waals surface area contributed by atoms with Crippen LogP contribution >= 0.6 is 0 Å². The number of hydrogen-bond acceptors (Lipinski definition) is 3. The number of nitrogens with zero attached hydrogens (tertiary/aromatic N) is 1. The van der Waals surface area contributed by atoms with Crippen LogP contribution < -0.4 is 11.5 Å². The van der Waals surface area contributed by atoms with Crippen molar-refractivity contribution in [2.75, 3.05) is 13.1 Å². The third-order valence-corrected chi connectivity index (χ3v) is 2.77. The van der Waals surface area contributed by atoms with Crippen LogP contribution in [0, 0.1) is 5.41 Å². The van der Waals surface area contributed by atoms with Crippen molar-refractivity contribution in [3.63, 3.8) is 0 Å². The Morgan fingerprint density at radius 3 is 2.29 bits per heavy atom. The molecular formula is C10H21N3O. The zero-order valence-corrected chi connectivity index (χ0v) is 9.29. The van der Waals surface area contributed by atoms with Crippen molar-refractivity contribution in [3.8, 4) is 0 Å². The smallest absolute Gasteiger partial charge is 0.219 e. The van der Waals surface area contributed by atoms with Gasteiger partial charge in [-0.05, 0) is 5.41 Å². The van der Waals surface area contributed by atoms with Crippen LogP contribution in [-0.4, -0.2) is 36.0 Å². The highest BCUT2D eigenvalue weighted by atomic mass is 16.1. The maximum Gasteiger partial charge on any atom is 0.219 e. The van der Waals surface area contributed by atoms with Crippen molar-refractivity contribution >= 4 is 5.91 Å². The Morgan fingerprint density at radius 2 is 2.00 bits per heavy atom. The van der Waals surface area contributed by atoms with Gasteiger partial charge in [-0.1, -0.05) is 20.8 Å². The zero-order valence-electron chi connectivity index (χ0n) is 9.29. The number of hydrogen-bond donors (Lipinski definition) is 2. The molecule has 1 saturated heterocycles. The number of likely N-dealkylation sites (tertiary alicyclic amines) is 1. The number of primary amides is 1. The highest BCUT2D eigenvalue weighted by molar-refractivity contribution is 5.74. The minimum absolute atomic E-state index is 0.0785. The minimum atomic E-state index is -0.231. The fraction of sp³-hybridized carbons (Fsp3) is 0.900. The third-order valence-electron chi connectivity index (χ3n) is 2.77. The van der Waals surface area contributed by atoms with Gasteiger partial charge in [0.1, 0.15) is 0 Å². The lowest BCUT2D eigenvalue weighted by molar-refractivity contribution is -0.121. The van der Waals surface area contributed by atoms with Gasteiger partial charge in [-0.2, -0.15) is 0 Å². The van der Waals surface area contributed by atoms with Gasteiger partial charge < -0.3 is 11.5 Å². The van der Waals surface area contributed by atoms with Crippen LogP contribution in [0.25, 0.3) is 0 Å². The molecule has 14 heavy (non-hydrogen) atoms. The normalized spacial score (nSPS) is 21.7. The van der Waals surface area contributed by atoms with Gasteiger partial charge in [0.25, 0.3) is 0 Å². The number of nitrogens with two attached hydrogens (primary N) is 2. The Hall–Kier alpha value is -0.610. The summed E-state index contributed by atoms with van der Waals surface area (Å²) < 4.78 is 0. The molecule has 1 amide bonds. The van der Waals surface area contributed by atoms with Crippen molar-refractivity contribution in [2.24, 2.45) is 16.9 Å². The molecule has 0 aliphatic carbocycles. The van der Waals surface area contributed by atoms with Crippen molar-refractivity contribution in [2.45, 2.75) is 39.3 Å². The average Bonchev–Trinajstić information content (AvgIpc) is 1.92. The van der Waals surface area contributed by atoms with Crippen molar-refractivity contribution in [1.82, 2.24) is 4.90 Å². The second kappa shape index (κ2) is 3.87. The lowest BCUT2D eigenvalue weighted by Crippen LogP contribution is -2.62. The fourth-order valence-electron chi connectivity index (χ4n) is 1.98. The molecular weight excluding hydrogens is 178 g/mol. The largest absolute Gasteiger partial charge is 0.370 e. The molecule has 4 nitrogen and oxygen atoms in total. The predicted molar refractivity (Wildman–Crippen MR) is 56.6 cm³/mol. The summed E-state index contributed by atoms with van der Waals surface area (Å²) in [7, 11) is 0. The van der Waals surface area contributed by atoms with E-state index in [-0.39, 0.29) is 23.4 Å². The standard InChI is InChI=1S/C10H21N3O/c1-10(2,3)8(4-9(12)14)13-5-7(11)6-13/h7-8H,4-6,11H2,1-3H3,(H2,12,14). The first-order valence-corrected chi connectivity index (χ1v) is 5.08. The molecule has 0 aromatic carbocycles. The van der Waals surface area contributed by atoms with Crippen LogP contribution in [0.2, 0.25) is 0 Å². The second-order valence-corrected chi connectivity index (χ2v) is 5.27. The minimum Gasteiger partial charge on any atom is -0.370 e. The first kappa shape index (κ1) is 11.5. The third kappa shape index (κ3) is 2.69. The Labute approximate surface area is 85.6 Å². The molecule has 0 aromatic rings. The molecule has 0 bridgehead atoms. The Kier molecular flexibility index (Phi) is 3.17. The van der Waals surface area contributed by atoms with Gasteiger partial charge in [0.05, 0.1) is 0 Å². The highest BCUT2D eigenvalue weighted by Gasteiger charge is 2.37. The van der Waals surface area contributed by atoms with Gasteiger partial charge in [0.2, 0.25) is 5.91 Å². The van der Waals surface area contributed by atoms with Crippen LogP contribution in [0.4, 0.5) is 0 Å². The summed E-state index contributed by atoms with van der Waals surface area (Å²) in [6.07, 6.45) is 0.427. The van der Waals surface area contributed by atoms with E-state index in [4.69, 9.17) is 11.5 Å². The summed E-state index contributed by atoms with van der Waals surface area (Å²) in [4.78, 5) is 13.2. The van der Waals surface area contributed by atoms with Crippen molar-refractivity contribution in [1.29, 1.82) is 0 Å². The number of rotatable bonds is 3. The molecule has 1 unspecified atom stereocenters. The first-order chi connectivity index (χ1) is 6.30. The number of carbonyl (C=O) groups excluding carboxylic acids is 1. The number of carbonyl (C=O) groups is 1. The van der Waals surface area contributed by atoms with Crippen LogP contribution in [0.1, 0.15) is 27.2 Å². The molecule has 1 heterocycles. The summed E-state index contributed by atoms with van der Waals surface area (Å²) >= 11 is 0. The first-order valence-electron chi connectivity index (χ1n) is 5.08. The molecule has 0 aromatic heterocycles. The Bertz CT molecular complexity index is 216. The van der Waals surface area contributed by atoms with E-state index in [0.29, 0.717) is 6.42 Å². The van der Waals surface area contributed by atoms with E-state index in [2.05, 4.69) is 25.7 Å². The lowest BCUT2D eigenvalue weighted by Gasteiger charge is -2.47. The second-order valence-electron chi connectivity index (χ2n) is 5.27. The maximum atomic E-state index is 10.9. The van der Waals surface area contributed by atoms with E-state index >= 15 is 0 Å². The van der Waals surface area contributed by atoms with E-state index in [9.17, 15) is 4.79 Å². The van der Waals surface area contributed by atoms with Gasteiger partial charge in [-0.15, -0.1) is 0 Å². The van der Waals surface area contributed by atoms with Gasteiger partial charge in [0.15, 0.2) is 0 Å². The molecule has 0 saturated carbocycles. The summed E-state index contributed by atoms with van der Waals surface area (Å²) in [5.41, 5.74) is 11.0. The molecule has 1 aliphatic rings. The van der Waals surface area contributed by atoms with E-state index in [1.807, 2.05) is 0 Å². The van der Waals surface area contributed by atoms with Crippen LogP contribution in [0.3, 0.4) is 0 Å². The van der Waals surface area contributed by atoms with Crippen LogP contribution in [0.15, 0.2) is 0 Å². The summed E-state index contributed by atoms with van der Waals surface area (Å²) in [5, 5.41) is 0. The molecule has 0 spiro atoms. The van der Waals surface area contributed by atoms with Crippen molar-refractivity contribution in [3.05, 3.63) is 0 Å². The van der Waals surface area contributed by atoms with Gasteiger partial charge >= 0.3 is 0 Å². The van der Waals surface area contributed by atoms with Crippen LogP contribution in [-0.2, 0) is 4.79 Å². The van der Waals surface area contributed by atoms with E-state index in [1.165, 1.54) is 0 Å². The van der Waals surface area contributed by atoms with Gasteiger partial charge in [-0.3, -0.25) is 9.69 Å². The lowest BCUT2D eigenvalue weighted by atomic mass is 9.81. The molecule has 82 valence electrons. The molecule has 1 aliphatic heterocycles. The van der Waals surface area contributed by atoms with E-state index in [0.717, 1.165) is 13.1 Å². The molecule has 4 N–H and O–H groups in total. The Morgan fingerprint density at radius 1 is 1.50 bits per heavy atom. The number of amides is 1. The summed E-state index contributed by atoms with van der Waals surface area (Å²) in [5.74, 6) is -0.231. The molecule has 1 rings (SSSR count). The van der Waals surface area contributed by atoms with Gasteiger partial charge in [0, 0.05) is 31.6 Å². The molecule has 0 radical (unpaired) electrons.